The van der Waals surface area contributed by atoms with Gasteiger partial charge in [-0.15, -0.1) is 0 Å². The third-order valence-electron chi connectivity index (χ3n) is 7.93. The highest BCUT2D eigenvalue weighted by Gasteiger charge is 2.53. The third-order valence-corrected chi connectivity index (χ3v) is 7.93. The number of likely N-dealkylation sites (N-methyl/N-ethyl adjacent to an activating group) is 1. The molecule has 2 saturated heterocycles. The Labute approximate surface area is 229 Å². The number of aryl methyl sites for hydroxylation is 1. The van der Waals surface area contributed by atoms with Crippen LogP contribution in [0.1, 0.15) is 12.0 Å². The van der Waals surface area contributed by atoms with Gasteiger partial charge in [-0.1, -0.05) is 0 Å². The molecule has 11 nitrogen and oxygen atoms in total. The van der Waals surface area contributed by atoms with E-state index in [0.717, 1.165) is 33.6 Å². The Bertz CT molecular complexity index is 1740. The number of alkyl halides is 1. The predicted octanol–water partition coefficient (Wildman–Crippen LogP) is 4.15. The van der Waals surface area contributed by atoms with E-state index in [1.165, 1.54) is 6.33 Å². The molecular formula is C28H28FN9O2. The first-order valence-corrected chi connectivity index (χ1v) is 13.1. The molecule has 0 amide bonds. The normalized spacial score (nSPS) is 18.4. The van der Waals surface area contributed by atoms with Gasteiger partial charge in [-0.05, 0) is 49.9 Å². The van der Waals surface area contributed by atoms with E-state index in [2.05, 4.69) is 40.2 Å². The molecule has 0 radical (unpaired) electrons. The van der Waals surface area contributed by atoms with Crippen LogP contribution < -0.4 is 19.7 Å². The molecule has 2 aliphatic heterocycles. The van der Waals surface area contributed by atoms with Gasteiger partial charge in [0.25, 0.3) is 0 Å². The van der Waals surface area contributed by atoms with Crippen molar-refractivity contribution in [1.29, 1.82) is 0 Å². The van der Waals surface area contributed by atoms with Crippen molar-refractivity contribution in [1.82, 2.24) is 34.4 Å². The summed E-state index contributed by atoms with van der Waals surface area (Å²) in [5, 5.41) is 8.39. The molecule has 5 aromatic rings. The number of nitrogens with one attached hydrogen (secondary N) is 1. The lowest BCUT2D eigenvalue weighted by Crippen LogP contribution is -2.67. The molecule has 3 aromatic heterocycles. The van der Waals surface area contributed by atoms with Gasteiger partial charge < -0.3 is 19.7 Å². The fraction of sp³-hybridized carbons (Fsp3) is 0.321. The number of ether oxygens (including phenoxy) is 2. The topological polar surface area (TPSA) is 106 Å². The van der Waals surface area contributed by atoms with E-state index in [-0.39, 0.29) is 5.54 Å². The third kappa shape index (κ3) is 4.02. The smallest absolute Gasteiger partial charge is 0.224 e. The number of halogens is 1. The number of fused-ring (bicyclic) bond motifs is 2. The molecule has 0 aliphatic carbocycles. The number of hydrogen-bond acceptors (Lipinski definition) is 10. The Morgan fingerprint density at radius 3 is 2.65 bits per heavy atom. The number of hydrogen-bond donors (Lipinski definition) is 1. The van der Waals surface area contributed by atoms with E-state index in [1.54, 1.807) is 30.3 Å². The molecular weight excluding hydrogens is 513 g/mol. The van der Waals surface area contributed by atoms with Crippen LogP contribution in [-0.2, 0) is 0 Å². The summed E-state index contributed by atoms with van der Waals surface area (Å²) in [5.74, 6) is 2.50. The summed E-state index contributed by atoms with van der Waals surface area (Å²) >= 11 is 0. The molecule has 2 aromatic carbocycles. The lowest BCUT2D eigenvalue weighted by Gasteiger charge is -2.53. The van der Waals surface area contributed by atoms with Gasteiger partial charge in [-0.3, -0.25) is 4.90 Å². The molecule has 0 saturated carbocycles. The van der Waals surface area contributed by atoms with Crippen LogP contribution in [0.5, 0.6) is 17.4 Å². The molecule has 12 heteroatoms. The van der Waals surface area contributed by atoms with Crippen LogP contribution in [0.15, 0.2) is 55.4 Å². The average Bonchev–Trinajstić information content (AvgIpc) is 3.51. The summed E-state index contributed by atoms with van der Waals surface area (Å²) in [6, 6.07) is 11.4. The molecule has 7 rings (SSSR count). The molecule has 0 unspecified atom stereocenters. The largest absolute Gasteiger partial charge is 0.495 e. The summed E-state index contributed by atoms with van der Waals surface area (Å²) in [5.41, 5.74) is 3.96. The first-order chi connectivity index (χ1) is 19.4. The monoisotopic (exact) mass is 541 g/mol. The van der Waals surface area contributed by atoms with E-state index in [1.807, 2.05) is 44.3 Å². The van der Waals surface area contributed by atoms with Gasteiger partial charge in [-0.2, -0.15) is 5.10 Å². The van der Waals surface area contributed by atoms with Crippen LogP contribution in [0, 0.1) is 6.92 Å². The highest BCUT2D eigenvalue weighted by molar-refractivity contribution is 6.03. The molecule has 2 aliphatic rings. The summed E-state index contributed by atoms with van der Waals surface area (Å²) in [6.07, 6.45) is 4.34. The molecule has 1 atom stereocenters. The Morgan fingerprint density at radius 2 is 1.88 bits per heavy atom. The van der Waals surface area contributed by atoms with Crippen molar-refractivity contribution in [3.05, 3.63) is 60.9 Å². The van der Waals surface area contributed by atoms with Crippen LogP contribution in [0.3, 0.4) is 0 Å². The van der Waals surface area contributed by atoms with Gasteiger partial charge in [0.2, 0.25) is 5.88 Å². The van der Waals surface area contributed by atoms with Crippen LogP contribution >= 0.6 is 0 Å². The van der Waals surface area contributed by atoms with Gasteiger partial charge in [0, 0.05) is 37.8 Å². The van der Waals surface area contributed by atoms with Gasteiger partial charge in [-0.25, -0.2) is 28.8 Å². The fourth-order valence-electron chi connectivity index (χ4n) is 5.86. The van der Waals surface area contributed by atoms with E-state index >= 15 is 0 Å². The lowest BCUT2D eigenvalue weighted by molar-refractivity contribution is 0.133. The van der Waals surface area contributed by atoms with Crippen molar-refractivity contribution in [3.8, 4) is 17.4 Å². The first kappa shape index (κ1) is 24.5. The maximum absolute atomic E-state index is 14.2. The van der Waals surface area contributed by atoms with Crippen molar-refractivity contribution in [2.75, 3.05) is 44.0 Å². The zero-order chi connectivity index (χ0) is 27.4. The molecule has 0 bridgehead atoms. The molecule has 5 heterocycles. The summed E-state index contributed by atoms with van der Waals surface area (Å²) in [6.45, 7) is 3.88. The number of rotatable bonds is 6. The van der Waals surface area contributed by atoms with Crippen molar-refractivity contribution >= 4 is 33.7 Å². The van der Waals surface area contributed by atoms with Crippen molar-refractivity contribution in [3.63, 3.8) is 0 Å². The maximum atomic E-state index is 14.2. The number of aromatic nitrogens is 6. The minimum Gasteiger partial charge on any atom is -0.495 e. The van der Waals surface area contributed by atoms with Crippen molar-refractivity contribution < 1.29 is 13.9 Å². The molecule has 1 N–H and O–H groups in total. The fourth-order valence-corrected chi connectivity index (χ4v) is 5.86. The second-order valence-corrected chi connectivity index (χ2v) is 10.5. The highest BCUT2D eigenvalue weighted by atomic mass is 19.1. The number of methoxy groups -OCH3 is 1. The zero-order valence-electron chi connectivity index (χ0n) is 22.4. The quantitative estimate of drug-likeness (QED) is 0.337. The number of benzene rings is 2. The van der Waals surface area contributed by atoms with Gasteiger partial charge in [0.1, 0.15) is 42.5 Å². The number of likely N-dealkylation sites (tertiary alicyclic amines) is 1. The van der Waals surface area contributed by atoms with Gasteiger partial charge in [0.15, 0.2) is 5.65 Å². The number of anilines is 3. The minimum atomic E-state index is -0.793. The van der Waals surface area contributed by atoms with E-state index in [9.17, 15) is 4.39 Å². The van der Waals surface area contributed by atoms with Crippen molar-refractivity contribution in [2.45, 2.75) is 25.1 Å². The Balaban J connectivity index is 1.19. The van der Waals surface area contributed by atoms with E-state index < -0.39 is 6.17 Å². The first-order valence-electron chi connectivity index (χ1n) is 13.1. The SMILES string of the molecule is COc1ccc2ncnc(Nc3ccc(Oc4cc5ncnn5cn4)c(C)c3)c2c1N1CC2(C[C@@H](F)CN2C)C1. The molecule has 2 fully saturated rings. The van der Waals surface area contributed by atoms with Crippen LogP contribution in [0.25, 0.3) is 16.6 Å². The Morgan fingerprint density at radius 1 is 1.02 bits per heavy atom. The Hall–Kier alpha value is -4.58. The van der Waals surface area contributed by atoms with E-state index in [0.29, 0.717) is 49.1 Å². The maximum Gasteiger partial charge on any atom is 0.224 e. The predicted molar refractivity (Wildman–Crippen MR) is 148 cm³/mol. The zero-order valence-corrected chi connectivity index (χ0v) is 22.4. The molecule has 40 heavy (non-hydrogen) atoms. The van der Waals surface area contributed by atoms with Gasteiger partial charge >= 0.3 is 0 Å². The summed E-state index contributed by atoms with van der Waals surface area (Å²) in [4.78, 5) is 22.0. The second-order valence-electron chi connectivity index (χ2n) is 10.5. The molecule has 1 spiro atoms. The minimum absolute atomic E-state index is 0.156. The molecule has 204 valence electrons. The Kier molecular flexibility index (Phi) is 5.66. The van der Waals surface area contributed by atoms with Crippen molar-refractivity contribution in [2.24, 2.45) is 0 Å². The van der Waals surface area contributed by atoms with Gasteiger partial charge in [0.05, 0.1) is 29.2 Å². The van der Waals surface area contributed by atoms with Crippen LogP contribution in [0.2, 0.25) is 0 Å². The van der Waals surface area contributed by atoms with Crippen LogP contribution in [0.4, 0.5) is 21.6 Å². The summed E-state index contributed by atoms with van der Waals surface area (Å²) in [7, 11) is 3.67. The standard InChI is InChI=1S/C28H28FN9O2/c1-17-8-19(4-6-21(17)40-24-9-23-31-15-34-38(23)16-33-24)35-27-25-20(30-14-32-27)5-7-22(39-3)26(25)37-12-28(13-37)10-18(29)11-36(28)2/h4-9,14-16,18H,10-13H2,1-3H3,(H,30,32,35)/t18-/m1/s1. The summed E-state index contributed by atoms with van der Waals surface area (Å²) < 4.78 is 27.6. The second kappa shape index (κ2) is 9.26. The highest BCUT2D eigenvalue weighted by Crippen LogP contribution is 2.47. The van der Waals surface area contributed by atoms with E-state index in [4.69, 9.17) is 9.47 Å². The number of nitrogens with zero attached hydrogens (tertiary/aromatic N) is 8. The van der Waals surface area contributed by atoms with Crippen LogP contribution in [-0.4, -0.2) is 80.0 Å². The lowest BCUT2D eigenvalue weighted by atomic mass is 9.86. The average molecular weight is 542 g/mol.